The largest absolute Gasteiger partial charge is 1.00 e. The minimum Gasteiger partial charge on any atom is -1.00 e. The van der Waals surface area contributed by atoms with Crippen molar-refractivity contribution < 1.29 is 48.0 Å². The molecule has 1 aliphatic heterocycles. The van der Waals surface area contributed by atoms with Gasteiger partial charge < -0.3 is 24.8 Å². The summed E-state index contributed by atoms with van der Waals surface area (Å²) < 4.78 is 1.29. The predicted octanol–water partition coefficient (Wildman–Crippen LogP) is 5.86. The second-order valence-electron chi connectivity index (χ2n) is 16.0. The molecule has 1 heterocycles. The summed E-state index contributed by atoms with van der Waals surface area (Å²) >= 11 is -0.913. The van der Waals surface area contributed by atoms with Crippen molar-refractivity contribution in [2.75, 3.05) is 0 Å². The van der Waals surface area contributed by atoms with Gasteiger partial charge in [0.2, 0.25) is 0 Å². The Morgan fingerprint density at radius 2 is 0.870 bits per heavy atom. The van der Waals surface area contributed by atoms with Gasteiger partial charge in [-0.2, -0.15) is 0 Å². The zero-order chi connectivity index (χ0) is 31.3. The summed E-state index contributed by atoms with van der Waals surface area (Å²) in [6.07, 6.45) is 0. The molecule has 0 radical (unpaired) electrons. The molecule has 0 aromatic heterocycles. The maximum atomic E-state index is 2.66. The smallest absolute Gasteiger partial charge is 1.00 e. The molecule has 2 aliphatic carbocycles. The third-order valence-electron chi connectivity index (χ3n) is 10.7. The summed E-state index contributed by atoms with van der Waals surface area (Å²) in [5, 5.41) is 3.46. The van der Waals surface area contributed by atoms with Crippen molar-refractivity contribution in [3.05, 3.63) is 129 Å². The second-order valence-corrected chi connectivity index (χ2v) is 23.9. The van der Waals surface area contributed by atoms with Crippen molar-refractivity contribution in [1.82, 2.24) is 0 Å². The van der Waals surface area contributed by atoms with Gasteiger partial charge in [0.25, 0.3) is 0 Å². The van der Waals surface area contributed by atoms with Crippen LogP contribution in [0.1, 0.15) is 96.0 Å². The fourth-order valence-electron chi connectivity index (χ4n) is 8.44. The van der Waals surface area contributed by atoms with E-state index in [4.69, 9.17) is 0 Å². The van der Waals surface area contributed by atoms with Crippen LogP contribution in [0.3, 0.4) is 0 Å². The van der Waals surface area contributed by atoms with Crippen molar-refractivity contribution in [1.29, 1.82) is 0 Å². The third-order valence-corrected chi connectivity index (χ3v) is 19.8. The Labute approximate surface area is 302 Å². The van der Waals surface area contributed by atoms with Gasteiger partial charge in [-0.3, -0.25) is 0 Å². The Hall–Kier alpha value is -1.96. The van der Waals surface area contributed by atoms with E-state index in [1.807, 2.05) is 0 Å². The molecule has 4 aromatic carbocycles. The first-order valence-corrected chi connectivity index (χ1v) is 22.2. The van der Waals surface area contributed by atoms with Crippen molar-refractivity contribution in [2.24, 2.45) is 0 Å². The van der Waals surface area contributed by atoms with Gasteiger partial charge in [-0.15, -0.1) is 0 Å². The Morgan fingerprint density at radius 3 is 1.20 bits per heavy atom. The van der Waals surface area contributed by atoms with Gasteiger partial charge >= 0.3 is 280 Å². The van der Waals surface area contributed by atoms with Gasteiger partial charge in [-0.1, -0.05) is 0 Å². The minimum atomic E-state index is -2.10. The molecule has 7 rings (SSSR count). The Morgan fingerprint density at radius 1 is 0.522 bits per heavy atom. The summed E-state index contributed by atoms with van der Waals surface area (Å²) in [5.74, 6) is 0. The normalized spacial score (nSPS) is 19.2. The van der Waals surface area contributed by atoms with E-state index in [0.29, 0.717) is 7.25 Å². The summed E-state index contributed by atoms with van der Waals surface area (Å²) in [4.78, 5) is 0. The van der Waals surface area contributed by atoms with Gasteiger partial charge in [0.1, 0.15) is 0 Å². The summed E-state index contributed by atoms with van der Waals surface area (Å²) in [6.45, 7) is 24.2. The molecule has 0 N–H and O–H groups in total. The van der Waals surface area contributed by atoms with Gasteiger partial charge in [-0.25, -0.2) is 0 Å². The monoisotopic (exact) mass is 738 g/mol. The molecule has 2 atom stereocenters. The first kappa shape index (κ1) is 35.3. The molecule has 0 saturated carbocycles. The first-order chi connectivity index (χ1) is 20.7. The summed E-state index contributed by atoms with van der Waals surface area (Å²) in [6, 6.07) is 33.4. The topological polar surface area (TPSA) is 0 Å². The Balaban J connectivity index is 0.00000208. The zero-order valence-electron chi connectivity index (χ0n) is 29.0. The van der Waals surface area contributed by atoms with E-state index in [2.05, 4.69) is 153 Å². The van der Waals surface area contributed by atoms with Gasteiger partial charge in [-0.05, 0) is 0 Å². The predicted molar refractivity (Wildman–Crippen MR) is 189 cm³/mol. The molecule has 0 fully saturated rings. The molecule has 4 aromatic rings. The van der Waals surface area contributed by atoms with Crippen LogP contribution in [-0.4, -0.2) is 8.07 Å². The Bertz CT molecular complexity index is 1740. The van der Waals surface area contributed by atoms with E-state index in [1.54, 1.807) is 43.8 Å². The molecule has 3 aliphatic rings. The first-order valence-electron chi connectivity index (χ1n) is 16.4. The molecule has 4 heteroatoms. The summed E-state index contributed by atoms with van der Waals surface area (Å²) in [5.41, 5.74) is 18.6. The van der Waals surface area contributed by atoms with E-state index in [0.717, 1.165) is 0 Å². The molecular formula is C42H46Cl2SiZr. The number of allylic oxidation sites excluding steroid dienone is 2. The number of hydrogen-bond donors (Lipinski definition) is 0. The number of rotatable bonds is 2. The molecule has 46 heavy (non-hydrogen) atoms. The van der Waals surface area contributed by atoms with E-state index >= 15 is 0 Å². The van der Waals surface area contributed by atoms with Crippen LogP contribution in [0, 0.1) is 0 Å². The number of benzene rings is 4. The van der Waals surface area contributed by atoms with Crippen LogP contribution in [0.15, 0.2) is 96.1 Å². The second kappa shape index (κ2) is 12.2. The van der Waals surface area contributed by atoms with Crippen LogP contribution in [0.2, 0.25) is 13.1 Å². The van der Waals surface area contributed by atoms with E-state index < -0.39 is 31.3 Å². The van der Waals surface area contributed by atoms with Crippen molar-refractivity contribution in [2.45, 2.75) is 86.6 Å². The third kappa shape index (κ3) is 5.44. The molecule has 0 saturated heterocycles. The van der Waals surface area contributed by atoms with E-state index in [-0.39, 0.29) is 35.6 Å². The van der Waals surface area contributed by atoms with Gasteiger partial charge in [0, 0.05) is 0 Å². The van der Waals surface area contributed by atoms with Crippen LogP contribution in [-0.2, 0) is 34.1 Å². The number of halogens is 2. The van der Waals surface area contributed by atoms with Gasteiger partial charge in [0.15, 0.2) is 0 Å². The Kier molecular flexibility index (Phi) is 9.36. The SMILES string of the molecule is CC1=C2c3c(-c4ccc(C(C)(C)C)cc4)cccc3[CH]1[Zr+2][CH]1C(C)=C(c3c(-c4ccc(C(C)(C)C)cc4)cccc31)[Si]2(C)C.[Cl-].[Cl-]. The maximum Gasteiger partial charge on any atom is -1.00 e. The van der Waals surface area contributed by atoms with E-state index in [1.165, 1.54) is 33.4 Å². The minimum absolute atomic E-state index is 0. The molecular weight excluding hydrogens is 695 g/mol. The molecule has 2 unspecified atom stereocenters. The number of fused-ring (bicyclic) bond motifs is 8. The van der Waals surface area contributed by atoms with Crippen molar-refractivity contribution in [3.63, 3.8) is 0 Å². The fourth-order valence-corrected chi connectivity index (χ4v) is 18.3. The maximum absolute atomic E-state index is 2.66. The molecule has 4 bridgehead atoms. The van der Waals surface area contributed by atoms with Crippen LogP contribution in [0.4, 0.5) is 0 Å². The molecule has 236 valence electrons. The molecule has 0 nitrogen and oxygen atoms in total. The van der Waals surface area contributed by atoms with Crippen LogP contribution >= 0.6 is 0 Å². The average Bonchev–Trinajstić information content (AvgIpc) is 3.44. The van der Waals surface area contributed by atoms with Crippen LogP contribution in [0.25, 0.3) is 32.6 Å². The molecule has 0 amide bonds. The van der Waals surface area contributed by atoms with Crippen molar-refractivity contribution in [3.8, 4) is 22.3 Å². The van der Waals surface area contributed by atoms with E-state index in [9.17, 15) is 0 Å². The van der Waals surface area contributed by atoms with Crippen LogP contribution in [0.5, 0.6) is 0 Å². The van der Waals surface area contributed by atoms with Crippen LogP contribution < -0.4 is 24.8 Å². The number of hydrogen-bond acceptors (Lipinski definition) is 0. The average molecular weight is 741 g/mol. The standard InChI is InChI=1S/C42H46Si.2ClH.Zr/c1-27-25-31-13-11-15-35(29-17-21-33(22-18-29)41(3,4)5)37(31)39(27)43(9,10)40-28(2)26-32-14-12-16-36(38(32)40)30-19-23-34(24-20-30)42(6,7)8;;;/h11-26H,1-10H3;2*1H;/q;;;+2/p-2. The molecule has 0 spiro atoms. The zero-order valence-corrected chi connectivity index (χ0v) is 34.0. The fraction of sp³-hybridized carbons (Fsp3) is 0.333. The van der Waals surface area contributed by atoms with Gasteiger partial charge in [0.05, 0.1) is 0 Å². The summed E-state index contributed by atoms with van der Waals surface area (Å²) in [7, 11) is -2.10. The quantitative estimate of drug-likeness (QED) is 0.226. The van der Waals surface area contributed by atoms with Crippen molar-refractivity contribution >= 4 is 18.5 Å².